The van der Waals surface area contributed by atoms with Crippen molar-refractivity contribution < 1.29 is 22.7 Å². The Morgan fingerprint density at radius 1 is 1.12 bits per heavy atom. The Labute approximate surface area is 190 Å². The van der Waals surface area contributed by atoms with E-state index < -0.39 is 11.6 Å². The van der Waals surface area contributed by atoms with Crippen LogP contribution >= 0.6 is 0 Å². The monoisotopic (exact) mass is 456 g/mol. The highest BCUT2D eigenvalue weighted by Crippen LogP contribution is 2.48. The van der Waals surface area contributed by atoms with Crippen LogP contribution in [0.4, 0.5) is 13.2 Å². The lowest BCUT2D eigenvalue weighted by molar-refractivity contribution is -0.134. The van der Waals surface area contributed by atoms with E-state index in [1.165, 1.54) is 18.2 Å². The molecule has 174 valence electrons. The zero-order chi connectivity index (χ0) is 23.2. The van der Waals surface area contributed by atoms with Gasteiger partial charge in [-0.1, -0.05) is 0 Å². The predicted molar refractivity (Wildman–Crippen MR) is 120 cm³/mol. The van der Waals surface area contributed by atoms with Gasteiger partial charge in [0.15, 0.2) is 0 Å². The number of hydrogen-bond donors (Lipinski definition) is 2. The number of carbonyl (C=O) groups is 1. The Bertz CT molecular complexity index is 1170. The van der Waals surface area contributed by atoms with Gasteiger partial charge in [0.2, 0.25) is 5.91 Å². The summed E-state index contributed by atoms with van der Waals surface area (Å²) in [5.74, 6) is -1.24. The second-order valence-corrected chi connectivity index (χ2v) is 9.49. The van der Waals surface area contributed by atoms with Crippen LogP contribution in [0.2, 0.25) is 0 Å². The van der Waals surface area contributed by atoms with E-state index >= 15 is 0 Å². The van der Waals surface area contributed by atoms with Gasteiger partial charge in [-0.2, -0.15) is 0 Å². The minimum absolute atomic E-state index is 0.00300. The third-order valence-electron chi connectivity index (χ3n) is 7.41. The summed E-state index contributed by atoms with van der Waals surface area (Å²) in [7, 11) is 1.66. The van der Waals surface area contributed by atoms with E-state index in [0.29, 0.717) is 30.0 Å². The first-order valence-corrected chi connectivity index (χ1v) is 11.5. The van der Waals surface area contributed by atoms with E-state index in [9.17, 15) is 18.0 Å². The van der Waals surface area contributed by atoms with Crippen molar-refractivity contribution in [3.8, 4) is 11.3 Å². The van der Waals surface area contributed by atoms with Crippen LogP contribution in [0.5, 0.6) is 0 Å². The molecule has 0 unspecified atom stereocenters. The van der Waals surface area contributed by atoms with Gasteiger partial charge in [-0.15, -0.1) is 0 Å². The second kappa shape index (κ2) is 8.52. The summed E-state index contributed by atoms with van der Waals surface area (Å²) in [6.45, 7) is 0.575. The van der Waals surface area contributed by atoms with Gasteiger partial charge in [-0.3, -0.25) is 4.79 Å². The number of fused-ring (bicyclic) bond motifs is 1. The van der Waals surface area contributed by atoms with Crippen molar-refractivity contribution in [2.45, 2.75) is 50.0 Å². The maximum Gasteiger partial charge on any atom is 0.222 e. The molecule has 0 saturated heterocycles. The standard InChI is InChI=1S/C26H27F3N2O2/c1-33-26(7-2-8-26)13-22(32)30-14-15-9-17(10-15)23-20-11-19(28)12-21(29)25(20)31-24(23)16-3-5-18(27)6-4-16/h3-6,11-12,15,17,31H,2,7-10,13-14H2,1H3,(H,30,32)/t15-,17+. The van der Waals surface area contributed by atoms with Crippen molar-refractivity contribution >= 4 is 16.8 Å². The van der Waals surface area contributed by atoms with Crippen LogP contribution < -0.4 is 5.32 Å². The molecule has 2 aliphatic carbocycles. The van der Waals surface area contributed by atoms with Gasteiger partial charge in [-0.05, 0) is 85.4 Å². The Morgan fingerprint density at radius 2 is 1.85 bits per heavy atom. The van der Waals surface area contributed by atoms with Crippen molar-refractivity contribution in [3.63, 3.8) is 0 Å². The van der Waals surface area contributed by atoms with Gasteiger partial charge >= 0.3 is 0 Å². The summed E-state index contributed by atoms with van der Waals surface area (Å²) in [5.41, 5.74) is 2.23. The van der Waals surface area contributed by atoms with Crippen molar-refractivity contribution in [1.82, 2.24) is 10.3 Å². The molecule has 2 aliphatic rings. The average molecular weight is 457 g/mol. The maximum absolute atomic E-state index is 14.5. The Kier molecular flexibility index (Phi) is 5.69. The summed E-state index contributed by atoms with van der Waals surface area (Å²) in [6.07, 6.45) is 4.91. The van der Waals surface area contributed by atoms with E-state index in [1.807, 2.05) is 0 Å². The molecule has 33 heavy (non-hydrogen) atoms. The molecule has 2 N–H and O–H groups in total. The van der Waals surface area contributed by atoms with Crippen molar-refractivity contribution in [2.24, 2.45) is 5.92 Å². The van der Waals surface area contributed by atoms with Gasteiger partial charge < -0.3 is 15.0 Å². The van der Waals surface area contributed by atoms with Crippen LogP contribution in [-0.2, 0) is 9.53 Å². The topological polar surface area (TPSA) is 54.1 Å². The fraction of sp³-hybridized carbons (Fsp3) is 0.423. The van der Waals surface area contributed by atoms with Crippen molar-refractivity contribution in [1.29, 1.82) is 0 Å². The first kappa shape index (κ1) is 22.0. The van der Waals surface area contributed by atoms with Crippen LogP contribution in [-0.4, -0.2) is 30.1 Å². The average Bonchev–Trinajstić information content (AvgIpc) is 3.09. The molecule has 5 rings (SSSR count). The van der Waals surface area contributed by atoms with Crippen LogP contribution in [0.1, 0.15) is 50.0 Å². The summed E-state index contributed by atoms with van der Waals surface area (Å²) in [5, 5.41) is 3.55. The molecular weight excluding hydrogens is 429 g/mol. The Balaban J connectivity index is 1.32. The highest BCUT2D eigenvalue weighted by Gasteiger charge is 2.39. The van der Waals surface area contributed by atoms with Crippen LogP contribution in [0.3, 0.4) is 0 Å². The maximum atomic E-state index is 14.5. The number of hydrogen-bond acceptors (Lipinski definition) is 2. The minimum atomic E-state index is -0.647. The number of H-pyrrole nitrogens is 1. The second-order valence-electron chi connectivity index (χ2n) is 9.49. The predicted octanol–water partition coefficient (Wildman–Crippen LogP) is 5.82. The number of halogens is 3. The Hall–Kier alpha value is -2.80. The van der Waals surface area contributed by atoms with Gasteiger partial charge in [0.05, 0.1) is 23.2 Å². The fourth-order valence-electron chi connectivity index (χ4n) is 5.28. The molecule has 0 spiro atoms. The lowest BCUT2D eigenvalue weighted by Gasteiger charge is -2.40. The van der Waals surface area contributed by atoms with E-state index in [1.54, 1.807) is 19.2 Å². The largest absolute Gasteiger partial charge is 0.378 e. The molecule has 1 heterocycles. The number of nitrogens with one attached hydrogen (secondary N) is 2. The zero-order valence-corrected chi connectivity index (χ0v) is 18.5. The molecule has 1 aromatic heterocycles. The number of carbonyl (C=O) groups excluding carboxylic acids is 1. The summed E-state index contributed by atoms with van der Waals surface area (Å²) >= 11 is 0. The molecule has 4 nitrogen and oxygen atoms in total. The zero-order valence-electron chi connectivity index (χ0n) is 18.5. The van der Waals surface area contributed by atoms with Gasteiger partial charge in [0.25, 0.3) is 0 Å². The first-order valence-electron chi connectivity index (χ1n) is 11.5. The molecule has 0 aliphatic heterocycles. The molecule has 2 aromatic carbocycles. The molecule has 0 bridgehead atoms. The summed E-state index contributed by atoms with van der Waals surface area (Å²) in [4.78, 5) is 15.5. The van der Waals surface area contributed by atoms with Gasteiger partial charge in [0.1, 0.15) is 17.5 Å². The number of ether oxygens (including phenoxy) is 1. The third-order valence-corrected chi connectivity index (χ3v) is 7.41. The van der Waals surface area contributed by atoms with Crippen LogP contribution in [0.15, 0.2) is 36.4 Å². The number of rotatable bonds is 7. The van der Waals surface area contributed by atoms with Crippen LogP contribution in [0, 0.1) is 23.4 Å². The van der Waals surface area contributed by atoms with E-state index in [0.717, 1.165) is 49.3 Å². The minimum Gasteiger partial charge on any atom is -0.378 e. The van der Waals surface area contributed by atoms with Crippen molar-refractivity contribution in [2.75, 3.05) is 13.7 Å². The van der Waals surface area contributed by atoms with E-state index in [2.05, 4.69) is 10.3 Å². The quantitative estimate of drug-likeness (QED) is 0.471. The molecule has 7 heteroatoms. The third kappa shape index (κ3) is 4.14. The lowest BCUT2D eigenvalue weighted by Crippen LogP contribution is -2.45. The highest BCUT2D eigenvalue weighted by atomic mass is 19.1. The van der Waals surface area contributed by atoms with Gasteiger partial charge in [-0.25, -0.2) is 13.2 Å². The Morgan fingerprint density at radius 3 is 2.48 bits per heavy atom. The molecular formula is C26H27F3N2O2. The lowest BCUT2D eigenvalue weighted by atomic mass is 9.70. The number of methoxy groups -OCH3 is 1. The van der Waals surface area contributed by atoms with E-state index in [-0.39, 0.29) is 28.8 Å². The van der Waals surface area contributed by atoms with E-state index in [4.69, 9.17) is 4.74 Å². The fourth-order valence-corrected chi connectivity index (χ4v) is 5.28. The molecule has 3 aromatic rings. The molecule has 1 amide bonds. The number of benzene rings is 2. The molecule has 0 atom stereocenters. The van der Waals surface area contributed by atoms with Gasteiger partial charge in [0, 0.05) is 25.1 Å². The normalized spacial score (nSPS) is 21.5. The summed E-state index contributed by atoms with van der Waals surface area (Å²) < 4.78 is 47.5. The molecule has 2 fully saturated rings. The summed E-state index contributed by atoms with van der Waals surface area (Å²) in [6, 6.07) is 8.21. The number of amides is 1. The smallest absolute Gasteiger partial charge is 0.222 e. The van der Waals surface area contributed by atoms with Crippen LogP contribution in [0.25, 0.3) is 22.2 Å². The highest BCUT2D eigenvalue weighted by molar-refractivity contribution is 5.92. The molecule has 0 radical (unpaired) electrons. The number of aromatic nitrogens is 1. The SMILES string of the molecule is COC1(CC(=O)NC[C@H]2C[C@@H](c3c(-c4ccc(F)cc4)[nH]c4c(F)cc(F)cc43)C2)CCC1. The first-order chi connectivity index (χ1) is 15.9. The van der Waals surface area contributed by atoms with Crippen molar-refractivity contribution in [3.05, 3.63) is 59.4 Å². The number of aromatic amines is 1. The molecule has 2 saturated carbocycles.